The van der Waals surface area contributed by atoms with Crippen LogP contribution in [0, 0.1) is 5.82 Å². The number of hydrogen-bond donors (Lipinski definition) is 2. The van der Waals surface area contributed by atoms with E-state index in [4.69, 9.17) is 22.1 Å². The molecular formula is C12H18ClFN2O. The number of benzene rings is 1. The summed E-state index contributed by atoms with van der Waals surface area (Å²) in [7, 11) is 1.64. The van der Waals surface area contributed by atoms with Gasteiger partial charge in [0.05, 0.1) is 6.10 Å². The highest BCUT2D eigenvalue weighted by molar-refractivity contribution is 6.30. The Morgan fingerprint density at radius 3 is 2.71 bits per heavy atom. The minimum absolute atomic E-state index is 0.0769. The first kappa shape index (κ1) is 14.4. The Kier molecular flexibility index (Phi) is 5.85. The zero-order valence-electron chi connectivity index (χ0n) is 10.0. The number of halogens is 2. The van der Waals surface area contributed by atoms with Crippen LogP contribution in [0.1, 0.15) is 18.5 Å². The lowest BCUT2D eigenvalue weighted by Gasteiger charge is -2.20. The zero-order valence-corrected chi connectivity index (χ0v) is 10.8. The Labute approximate surface area is 106 Å². The molecule has 2 atom stereocenters. The number of rotatable bonds is 6. The molecule has 0 saturated carbocycles. The maximum Gasteiger partial charge on any atom is 0.125 e. The molecular weight excluding hydrogens is 243 g/mol. The molecule has 17 heavy (non-hydrogen) atoms. The molecule has 0 aromatic heterocycles. The molecule has 0 heterocycles. The van der Waals surface area contributed by atoms with E-state index in [9.17, 15) is 4.39 Å². The molecule has 96 valence electrons. The first-order valence-corrected chi connectivity index (χ1v) is 5.86. The highest BCUT2D eigenvalue weighted by Crippen LogP contribution is 2.19. The van der Waals surface area contributed by atoms with Gasteiger partial charge in [0.1, 0.15) is 5.82 Å². The van der Waals surface area contributed by atoms with E-state index < -0.39 is 0 Å². The van der Waals surface area contributed by atoms with Crippen molar-refractivity contribution in [2.45, 2.75) is 19.1 Å². The summed E-state index contributed by atoms with van der Waals surface area (Å²) in [5.74, 6) is -0.354. The van der Waals surface area contributed by atoms with E-state index in [1.165, 1.54) is 12.1 Å². The van der Waals surface area contributed by atoms with Crippen molar-refractivity contribution in [3.63, 3.8) is 0 Å². The molecule has 0 aliphatic heterocycles. The maximum atomic E-state index is 13.2. The van der Waals surface area contributed by atoms with Gasteiger partial charge in [0.15, 0.2) is 0 Å². The topological polar surface area (TPSA) is 47.3 Å². The molecule has 1 aromatic rings. The van der Waals surface area contributed by atoms with Crippen LogP contribution in [0.3, 0.4) is 0 Å². The maximum absolute atomic E-state index is 13.2. The number of hydrogen-bond acceptors (Lipinski definition) is 3. The fourth-order valence-corrected chi connectivity index (χ4v) is 1.74. The SMILES string of the molecule is COC(C)CNC(CN)c1cc(F)cc(Cl)c1. The summed E-state index contributed by atoms with van der Waals surface area (Å²) in [6.07, 6.45) is 0.0769. The van der Waals surface area contributed by atoms with Gasteiger partial charge in [0, 0.05) is 31.3 Å². The molecule has 0 spiro atoms. The van der Waals surface area contributed by atoms with Crippen LogP contribution >= 0.6 is 11.6 Å². The van der Waals surface area contributed by atoms with E-state index in [2.05, 4.69) is 5.32 Å². The van der Waals surface area contributed by atoms with Gasteiger partial charge in [-0.3, -0.25) is 0 Å². The lowest BCUT2D eigenvalue weighted by atomic mass is 10.1. The van der Waals surface area contributed by atoms with E-state index in [1.54, 1.807) is 13.2 Å². The highest BCUT2D eigenvalue weighted by atomic mass is 35.5. The summed E-state index contributed by atoms with van der Waals surface area (Å²) >= 11 is 5.81. The van der Waals surface area contributed by atoms with Crippen LogP contribution in [0.4, 0.5) is 4.39 Å². The molecule has 5 heteroatoms. The number of nitrogens with two attached hydrogens (primary N) is 1. The third kappa shape index (κ3) is 4.60. The first-order chi connectivity index (χ1) is 8.06. The molecule has 1 aromatic carbocycles. The molecule has 0 aliphatic rings. The summed E-state index contributed by atoms with van der Waals surface area (Å²) in [6.45, 7) is 2.96. The third-order valence-corrected chi connectivity index (χ3v) is 2.80. The van der Waals surface area contributed by atoms with Crippen LogP contribution in [-0.2, 0) is 4.74 Å². The van der Waals surface area contributed by atoms with Crippen molar-refractivity contribution in [2.24, 2.45) is 5.73 Å². The van der Waals surface area contributed by atoms with Crippen LogP contribution in [0.2, 0.25) is 5.02 Å². The summed E-state index contributed by atoms with van der Waals surface area (Å²) < 4.78 is 18.3. The van der Waals surface area contributed by atoms with Gasteiger partial charge in [-0.15, -0.1) is 0 Å². The summed E-state index contributed by atoms with van der Waals surface area (Å²) in [4.78, 5) is 0. The van der Waals surface area contributed by atoms with Crippen molar-refractivity contribution in [2.75, 3.05) is 20.2 Å². The summed E-state index contributed by atoms with van der Waals surface area (Å²) in [5.41, 5.74) is 6.41. The smallest absolute Gasteiger partial charge is 0.125 e. The van der Waals surface area contributed by atoms with E-state index in [-0.39, 0.29) is 18.0 Å². The molecule has 0 saturated heterocycles. The predicted molar refractivity (Wildman–Crippen MR) is 67.7 cm³/mol. The second-order valence-electron chi connectivity index (χ2n) is 3.95. The van der Waals surface area contributed by atoms with Crippen LogP contribution < -0.4 is 11.1 Å². The standard InChI is InChI=1S/C12H18ClFN2O/c1-8(17-2)7-16-12(6-15)9-3-10(13)5-11(14)4-9/h3-5,8,12,16H,6-7,15H2,1-2H3. The second-order valence-corrected chi connectivity index (χ2v) is 4.38. The number of nitrogens with one attached hydrogen (secondary N) is 1. The third-order valence-electron chi connectivity index (χ3n) is 2.58. The molecule has 1 rings (SSSR count). The molecule has 2 unspecified atom stereocenters. The number of methoxy groups -OCH3 is 1. The van der Waals surface area contributed by atoms with E-state index in [0.717, 1.165) is 5.56 Å². The van der Waals surface area contributed by atoms with Crippen LogP contribution in [0.15, 0.2) is 18.2 Å². The average Bonchev–Trinajstić information content (AvgIpc) is 2.28. The summed E-state index contributed by atoms with van der Waals surface area (Å²) in [6, 6.07) is 4.30. The minimum atomic E-state index is -0.354. The van der Waals surface area contributed by atoms with Gasteiger partial charge in [-0.05, 0) is 30.7 Å². The quantitative estimate of drug-likeness (QED) is 0.824. The van der Waals surface area contributed by atoms with Crippen molar-refractivity contribution in [1.82, 2.24) is 5.32 Å². The van der Waals surface area contributed by atoms with Gasteiger partial charge in [-0.1, -0.05) is 11.6 Å². The molecule has 0 amide bonds. The zero-order chi connectivity index (χ0) is 12.8. The van der Waals surface area contributed by atoms with Crippen molar-refractivity contribution in [3.8, 4) is 0 Å². The predicted octanol–water partition coefficient (Wildman–Crippen LogP) is 2.10. The summed E-state index contributed by atoms with van der Waals surface area (Å²) in [5, 5.41) is 3.59. The molecule has 0 bridgehead atoms. The lowest BCUT2D eigenvalue weighted by Crippen LogP contribution is -2.34. The molecule has 0 fully saturated rings. The average molecular weight is 261 g/mol. The Morgan fingerprint density at radius 1 is 1.47 bits per heavy atom. The Balaban J connectivity index is 2.72. The molecule has 3 N–H and O–H groups in total. The van der Waals surface area contributed by atoms with Crippen molar-refractivity contribution in [3.05, 3.63) is 34.6 Å². The van der Waals surface area contributed by atoms with Crippen LogP contribution in [-0.4, -0.2) is 26.3 Å². The minimum Gasteiger partial charge on any atom is -0.380 e. The van der Waals surface area contributed by atoms with Crippen LogP contribution in [0.5, 0.6) is 0 Å². The van der Waals surface area contributed by atoms with E-state index in [1.807, 2.05) is 6.92 Å². The monoisotopic (exact) mass is 260 g/mol. The van der Waals surface area contributed by atoms with Crippen molar-refractivity contribution < 1.29 is 9.13 Å². The molecule has 0 aliphatic carbocycles. The fraction of sp³-hybridized carbons (Fsp3) is 0.500. The van der Waals surface area contributed by atoms with Crippen molar-refractivity contribution in [1.29, 1.82) is 0 Å². The van der Waals surface area contributed by atoms with Gasteiger partial charge in [-0.25, -0.2) is 4.39 Å². The number of ether oxygens (including phenoxy) is 1. The van der Waals surface area contributed by atoms with Crippen molar-refractivity contribution >= 4 is 11.6 Å². The Hall–Kier alpha value is -0.680. The Bertz CT molecular complexity index is 342. The van der Waals surface area contributed by atoms with Gasteiger partial charge in [0.2, 0.25) is 0 Å². The lowest BCUT2D eigenvalue weighted by molar-refractivity contribution is 0.114. The molecule has 0 radical (unpaired) electrons. The van der Waals surface area contributed by atoms with Gasteiger partial charge in [0.25, 0.3) is 0 Å². The largest absolute Gasteiger partial charge is 0.380 e. The fourth-order valence-electron chi connectivity index (χ4n) is 1.51. The normalized spacial score (nSPS) is 14.6. The second kappa shape index (κ2) is 6.91. The first-order valence-electron chi connectivity index (χ1n) is 5.49. The highest BCUT2D eigenvalue weighted by Gasteiger charge is 2.12. The van der Waals surface area contributed by atoms with E-state index >= 15 is 0 Å². The Morgan fingerprint density at radius 2 is 2.18 bits per heavy atom. The van der Waals surface area contributed by atoms with Gasteiger partial charge in [-0.2, -0.15) is 0 Å². The van der Waals surface area contributed by atoms with Gasteiger partial charge >= 0.3 is 0 Å². The molecule has 3 nitrogen and oxygen atoms in total. The van der Waals surface area contributed by atoms with Gasteiger partial charge < -0.3 is 15.8 Å². The van der Waals surface area contributed by atoms with E-state index in [0.29, 0.717) is 18.1 Å². The van der Waals surface area contributed by atoms with Crippen LogP contribution in [0.25, 0.3) is 0 Å².